The van der Waals surface area contributed by atoms with Gasteiger partial charge in [-0.1, -0.05) is 13.8 Å². The summed E-state index contributed by atoms with van der Waals surface area (Å²) in [6.45, 7) is 5.19. The van der Waals surface area contributed by atoms with Crippen LogP contribution in [-0.2, 0) is 14.9 Å². The Morgan fingerprint density at radius 3 is 2.58 bits per heavy atom. The van der Waals surface area contributed by atoms with Crippen LogP contribution in [0.2, 0.25) is 0 Å². The van der Waals surface area contributed by atoms with E-state index in [0.717, 1.165) is 17.5 Å². The Labute approximate surface area is 113 Å². The molecule has 1 amide bonds. The lowest BCUT2D eigenvalue weighted by atomic mass is 9.75. The Morgan fingerprint density at radius 1 is 1.26 bits per heavy atom. The molecular weight excluding hydrogens is 242 g/mol. The molecule has 0 atom stereocenters. The molecule has 1 saturated heterocycles. The molecule has 2 aliphatic heterocycles. The minimum Gasteiger partial charge on any atom is -0.381 e. The maximum absolute atomic E-state index is 12.2. The summed E-state index contributed by atoms with van der Waals surface area (Å²) < 4.78 is 5.33. The Hall–Kier alpha value is -1.68. The monoisotopic (exact) mass is 261 g/mol. The van der Waals surface area contributed by atoms with E-state index >= 15 is 0 Å². The summed E-state index contributed by atoms with van der Waals surface area (Å²) in [5, 5.41) is 2.90. The van der Waals surface area contributed by atoms with Gasteiger partial charge in [0.15, 0.2) is 0 Å². The summed E-state index contributed by atoms with van der Waals surface area (Å²) in [5.74, 6) is 0.0406. The first-order valence-corrected chi connectivity index (χ1v) is 6.75. The van der Waals surface area contributed by atoms with Crippen molar-refractivity contribution in [3.8, 4) is 0 Å². The fourth-order valence-electron chi connectivity index (χ4n) is 2.72. The van der Waals surface area contributed by atoms with Crippen molar-refractivity contribution in [2.75, 3.05) is 18.5 Å². The average Bonchev–Trinajstić information content (AvgIpc) is 2.74. The van der Waals surface area contributed by atoms with Crippen molar-refractivity contribution in [3.63, 3.8) is 0 Å². The molecule has 3 rings (SSSR count). The molecule has 0 saturated carbocycles. The second kappa shape index (κ2) is 5.53. The number of benzene rings is 1. The Morgan fingerprint density at radius 2 is 1.95 bits per heavy atom. The van der Waals surface area contributed by atoms with E-state index in [1.807, 2.05) is 19.9 Å². The van der Waals surface area contributed by atoms with Crippen LogP contribution in [0.1, 0.15) is 42.6 Å². The van der Waals surface area contributed by atoms with Crippen LogP contribution in [0, 0.1) is 0 Å². The van der Waals surface area contributed by atoms with E-state index < -0.39 is 5.41 Å². The van der Waals surface area contributed by atoms with E-state index in [9.17, 15) is 9.59 Å². The number of amides is 1. The lowest BCUT2D eigenvalue weighted by Gasteiger charge is -2.31. The number of ether oxygens (including phenoxy) is 1. The van der Waals surface area contributed by atoms with E-state index in [1.54, 1.807) is 12.1 Å². The van der Waals surface area contributed by atoms with Gasteiger partial charge >= 0.3 is 0 Å². The second-order valence-electron chi connectivity index (χ2n) is 4.57. The van der Waals surface area contributed by atoms with Gasteiger partial charge < -0.3 is 10.1 Å². The first-order valence-electron chi connectivity index (χ1n) is 6.75. The number of hydrogen-bond donors (Lipinski definition) is 1. The zero-order valence-electron chi connectivity index (χ0n) is 11.4. The molecule has 0 bridgehead atoms. The van der Waals surface area contributed by atoms with Crippen molar-refractivity contribution in [3.05, 3.63) is 29.3 Å². The van der Waals surface area contributed by atoms with Gasteiger partial charge in [-0.2, -0.15) is 0 Å². The number of anilines is 1. The van der Waals surface area contributed by atoms with Gasteiger partial charge in [0.25, 0.3) is 0 Å². The molecule has 0 radical (unpaired) electrons. The molecule has 0 unspecified atom stereocenters. The molecule has 19 heavy (non-hydrogen) atoms. The normalized spacial score (nSPS) is 19.2. The number of nitrogens with one attached hydrogen (secondary N) is 1. The maximum Gasteiger partial charge on any atom is 0.235 e. The fourth-order valence-corrected chi connectivity index (χ4v) is 2.72. The van der Waals surface area contributed by atoms with Gasteiger partial charge in [-0.05, 0) is 36.6 Å². The van der Waals surface area contributed by atoms with E-state index in [0.29, 0.717) is 31.6 Å². The molecule has 4 nitrogen and oxygen atoms in total. The smallest absolute Gasteiger partial charge is 0.235 e. The van der Waals surface area contributed by atoms with Gasteiger partial charge in [-0.25, -0.2) is 0 Å². The van der Waals surface area contributed by atoms with Crippen LogP contribution in [0.3, 0.4) is 0 Å². The maximum atomic E-state index is 12.2. The van der Waals surface area contributed by atoms with E-state index in [1.165, 1.54) is 0 Å². The predicted molar refractivity (Wildman–Crippen MR) is 73.5 cm³/mol. The number of fused-ring (bicyclic) bond motifs is 2. The molecule has 2 aliphatic rings. The zero-order chi connectivity index (χ0) is 13.9. The van der Waals surface area contributed by atoms with Crippen molar-refractivity contribution in [2.45, 2.75) is 32.1 Å². The highest BCUT2D eigenvalue weighted by molar-refractivity contribution is 6.06. The predicted octanol–water partition coefficient (Wildman–Crippen LogP) is 2.53. The Bertz CT molecular complexity index is 490. The highest BCUT2D eigenvalue weighted by Gasteiger charge is 2.47. The van der Waals surface area contributed by atoms with Crippen LogP contribution in [0.5, 0.6) is 0 Å². The summed E-state index contributed by atoms with van der Waals surface area (Å²) in [5.41, 5.74) is 1.93. The topological polar surface area (TPSA) is 55.4 Å². The molecular formula is C15H19NO3. The third kappa shape index (κ3) is 2.16. The van der Waals surface area contributed by atoms with Crippen molar-refractivity contribution < 1.29 is 14.3 Å². The standard InChI is InChI=1S/C13H13NO3.C2H6/c15-8-9-1-2-11-10(7-9)13(12(16)14-11)3-5-17-6-4-13;1-2/h1-2,7-8H,3-6H2,(H,14,16);1-2H3. The second-order valence-corrected chi connectivity index (χ2v) is 4.57. The zero-order valence-corrected chi connectivity index (χ0v) is 11.4. The number of rotatable bonds is 1. The van der Waals surface area contributed by atoms with Gasteiger partial charge in [0.2, 0.25) is 5.91 Å². The molecule has 0 aliphatic carbocycles. The van der Waals surface area contributed by atoms with Crippen LogP contribution in [0.25, 0.3) is 0 Å². The molecule has 1 aromatic carbocycles. The highest BCUT2D eigenvalue weighted by atomic mass is 16.5. The Balaban J connectivity index is 0.000000637. The number of aldehydes is 1. The summed E-state index contributed by atoms with van der Waals surface area (Å²) in [6.07, 6.45) is 2.19. The molecule has 1 spiro atoms. The summed E-state index contributed by atoms with van der Waals surface area (Å²) in [4.78, 5) is 23.0. The molecule has 1 N–H and O–H groups in total. The summed E-state index contributed by atoms with van der Waals surface area (Å²) >= 11 is 0. The first kappa shape index (κ1) is 13.7. The van der Waals surface area contributed by atoms with Crippen molar-refractivity contribution in [2.24, 2.45) is 0 Å². The number of carbonyl (C=O) groups is 2. The lowest BCUT2D eigenvalue weighted by Crippen LogP contribution is -2.40. The molecule has 102 valence electrons. The number of hydrogen-bond acceptors (Lipinski definition) is 3. The molecule has 1 aromatic rings. The van der Waals surface area contributed by atoms with E-state index in [-0.39, 0.29) is 5.91 Å². The largest absolute Gasteiger partial charge is 0.381 e. The van der Waals surface area contributed by atoms with Crippen LogP contribution < -0.4 is 5.32 Å². The van der Waals surface area contributed by atoms with Gasteiger partial charge in [-0.3, -0.25) is 9.59 Å². The van der Waals surface area contributed by atoms with E-state index in [4.69, 9.17) is 4.74 Å². The van der Waals surface area contributed by atoms with Crippen LogP contribution >= 0.6 is 0 Å². The SMILES string of the molecule is CC.O=Cc1ccc2c(c1)C1(CCOCC1)C(=O)N2. The van der Waals surface area contributed by atoms with Crippen LogP contribution in [0.4, 0.5) is 5.69 Å². The highest BCUT2D eigenvalue weighted by Crippen LogP contribution is 2.44. The quantitative estimate of drug-likeness (QED) is 0.790. The number of carbonyl (C=O) groups excluding carboxylic acids is 2. The van der Waals surface area contributed by atoms with Crippen LogP contribution in [-0.4, -0.2) is 25.4 Å². The molecule has 0 aromatic heterocycles. The minimum absolute atomic E-state index is 0.0406. The third-order valence-electron chi connectivity index (χ3n) is 3.72. The van der Waals surface area contributed by atoms with E-state index in [2.05, 4.69) is 5.32 Å². The van der Waals surface area contributed by atoms with Crippen molar-refractivity contribution in [1.29, 1.82) is 0 Å². The van der Waals surface area contributed by atoms with Gasteiger partial charge in [0.05, 0.1) is 5.41 Å². The first-order chi connectivity index (χ1) is 9.26. The van der Waals surface area contributed by atoms with Gasteiger partial charge in [0.1, 0.15) is 6.29 Å². The minimum atomic E-state index is -0.480. The van der Waals surface area contributed by atoms with Gasteiger partial charge in [0, 0.05) is 24.5 Å². The lowest BCUT2D eigenvalue weighted by molar-refractivity contribution is -0.124. The fraction of sp³-hybridized carbons (Fsp3) is 0.467. The third-order valence-corrected chi connectivity index (χ3v) is 3.72. The van der Waals surface area contributed by atoms with Gasteiger partial charge in [-0.15, -0.1) is 0 Å². The van der Waals surface area contributed by atoms with Crippen molar-refractivity contribution >= 4 is 17.9 Å². The summed E-state index contributed by atoms with van der Waals surface area (Å²) in [7, 11) is 0. The summed E-state index contributed by atoms with van der Waals surface area (Å²) in [6, 6.07) is 5.36. The Kier molecular flexibility index (Phi) is 4.00. The molecule has 1 fully saturated rings. The molecule has 2 heterocycles. The molecule has 4 heteroatoms. The van der Waals surface area contributed by atoms with Crippen LogP contribution in [0.15, 0.2) is 18.2 Å². The van der Waals surface area contributed by atoms with Crippen molar-refractivity contribution in [1.82, 2.24) is 0 Å². The average molecular weight is 261 g/mol.